The molecule has 8 rings (SSSR count). The van der Waals surface area contributed by atoms with Gasteiger partial charge in [0.1, 0.15) is 0 Å². The van der Waals surface area contributed by atoms with Gasteiger partial charge in [-0.2, -0.15) is 0 Å². The van der Waals surface area contributed by atoms with Gasteiger partial charge in [-0.05, 0) is 84.5 Å². The lowest BCUT2D eigenvalue weighted by atomic mass is 9.84. The molecule has 0 amide bonds. The van der Waals surface area contributed by atoms with Gasteiger partial charge in [-0.25, -0.2) is 4.79 Å². The van der Waals surface area contributed by atoms with Gasteiger partial charge in [0, 0.05) is 90.4 Å². The van der Waals surface area contributed by atoms with E-state index in [1.807, 2.05) is 72.4 Å². The Morgan fingerprint density at radius 2 is 1.18 bits per heavy atom. The molecule has 4 aliphatic rings. The summed E-state index contributed by atoms with van der Waals surface area (Å²) in [7, 11) is 0.518. The first-order valence-corrected chi connectivity index (χ1v) is 20.1. The standard InChI is InChI=1S/C21H23BClN3O3.C19H20BBrClN3O.CH4/c1-22(28)26-10-8-25(9-11-26)20-16-6-5-15(23)12-14(16)13-18(21(27)29-2)17-4-3-7-24-19(17)20;1-20(26)25-9-7-24(8-10-25)19-15-5-4-14(22)11-13(15)12-17(21)16-3-2-6-23-18(16)19;/h3-7,12-13,20,28H,8-11H2,1-2H3;2-6,11-12,19,26H,7-10H2,1H3;1H4. The SMILES string of the molecule is C.CB(O)N1CCN(C2c3ccc(Cl)cc3C=C(Br)c3cccnc32)CC1.COC(=O)C1=Cc2cc(Cl)ccc2C(N2CCN(B(C)O)CC2)c2ncccc21. The van der Waals surface area contributed by atoms with Crippen LogP contribution >= 0.6 is 39.1 Å². The number of methoxy groups -OCH3 is 1. The molecule has 2 atom stereocenters. The molecule has 0 saturated carbocycles. The topological polar surface area (TPSA) is 106 Å². The van der Waals surface area contributed by atoms with E-state index in [0.29, 0.717) is 10.6 Å². The second kappa shape index (κ2) is 18.5. The van der Waals surface area contributed by atoms with E-state index in [2.05, 4.69) is 48.7 Å². The molecule has 0 bridgehead atoms. The van der Waals surface area contributed by atoms with E-state index in [0.717, 1.165) is 101 Å². The summed E-state index contributed by atoms with van der Waals surface area (Å²) in [5, 5.41) is 21.1. The molecule has 2 saturated heterocycles. The number of rotatable bonds is 5. The first kappa shape index (κ1) is 42.3. The molecule has 4 aromatic rings. The normalized spacial score (nSPS) is 19.8. The van der Waals surface area contributed by atoms with Crippen molar-refractivity contribution in [1.82, 2.24) is 29.4 Å². The second-order valence-corrected chi connectivity index (χ2v) is 15.9. The molecule has 15 heteroatoms. The summed E-state index contributed by atoms with van der Waals surface area (Å²) in [6.07, 6.45) is 7.60. The predicted octanol–water partition coefficient (Wildman–Crippen LogP) is 6.97. The lowest BCUT2D eigenvalue weighted by molar-refractivity contribution is -0.133. The van der Waals surface area contributed by atoms with Gasteiger partial charge in [0.2, 0.25) is 0 Å². The number of pyridine rings is 2. The molecule has 292 valence electrons. The molecule has 2 aliphatic heterocycles. The number of esters is 1. The van der Waals surface area contributed by atoms with E-state index in [1.165, 1.54) is 12.7 Å². The highest BCUT2D eigenvalue weighted by Crippen LogP contribution is 2.43. The zero-order valence-electron chi connectivity index (χ0n) is 31.1. The molecule has 2 aromatic heterocycles. The van der Waals surface area contributed by atoms with Crippen LogP contribution in [0.25, 0.3) is 22.2 Å². The van der Waals surface area contributed by atoms with Crippen LogP contribution < -0.4 is 0 Å². The lowest BCUT2D eigenvalue weighted by Gasteiger charge is -2.40. The highest BCUT2D eigenvalue weighted by molar-refractivity contribution is 9.15. The lowest BCUT2D eigenvalue weighted by Crippen LogP contribution is -2.52. The Morgan fingerprint density at radius 1 is 0.732 bits per heavy atom. The minimum atomic E-state index is -0.463. The molecule has 2 fully saturated rings. The van der Waals surface area contributed by atoms with Crippen LogP contribution in [0.15, 0.2) is 73.1 Å². The fourth-order valence-electron chi connectivity index (χ4n) is 8.04. The number of fused-ring (bicyclic) bond motifs is 4. The van der Waals surface area contributed by atoms with E-state index in [-0.39, 0.29) is 19.5 Å². The summed E-state index contributed by atoms with van der Waals surface area (Å²) in [4.78, 5) is 31.0. The van der Waals surface area contributed by atoms with Crippen molar-refractivity contribution in [2.75, 3.05) is 59.5 Å². The summed E-state index contributed by atoms with van der Waals surface area (Å²) >= 11 is 16.3. The third kappa shape index (κ3) is 8.87. The highest BCUT2D eigenvalue weighted by Gasteiger charge is 2.36. The molecule has 4 heterocycles. The van der Waals surface area contributed by atoms with Crippen LogP contribution in [0, 0.1) is 0 Å². The summed E-state index contributed by atoms with van der Waals surface area (Å²) in [6.45, 7) is 10.1. The number of nitrogens with zero attached hydrogens (tertiary/aromatic N) is 6. The van der Waals surface area contributed by atoms with E-state index in [1.54, 1.807) is 13.0 Å². The zero-order valence-corrected chi connectivity index (χ0v) is 34.2. The van der Waals surface area contributed by atoms with Crippen molar-refractivity contribution in [3.05, 3.63) is 128 Å². The van der Waals surface area contributed by atoms with Gasteiger partial charge in [-0.3, -0.25) is 19.8 Å². The summed E-state index contributed by atoms with van der Waals surface area (Å²) in [5.74, 6) is -0.398. The van der Waals surface area contributed by atoms with Crippen LogP contribution in [0.2, 0.25) is 23.7 Å². The smallest absolute Gasteiger partial charge is 0.376 e. The van der Waals surface area contributed by atoms with Gasteiger partial charge >= 0.3 is 20.1 Å². The zero-order chi connectivity index (χ0) is 38.8. The number of halogens is 3. The van der Waals surface area contributed by atoms with Crippen LogP contribution in [-0.4, -0.2) is 119 Å². The molecule has 2 aromatic carbocycles. The molecular formula is C41H47B2BrCl2N6O4. The minimum Gasteiger partial charge on any atom is -0.465 e. The Morgan fingerprint density at radius 3 is 1.64 bits per heavy atom. The average Bonchev–Trinajstić information content (AvgIpc) is 3.41. The van der Waals surface area contributed by atoms with E-state index >= 15 is 0 Å². The van der Waals surface area contributed by atoms with Crippen molar-refractivity contribution in [2.24, 2.45) is 0 Å². The fraction of sp³-hybridized carbons (Fsp3) is 0.341. The van der Waals surface area contributed by atoms with Crippen LogP contribution in [0.3, 0.4) is 0 Å². The number of benzene rings is 2. The van der Waals surface area contributed by atoms with E-state index in [9.17, 15) is 14.8 Å². The maximum atomic E-state index is 12.6. The highest BCUT2D eigenvalue weighted by atomic mass is 79.9. The van der Waals surface area contributed by atoms with Crippen molar-refractivity contribution in [2.45, 2.75) is 33.2 Å². The number of aromatic nitrogens is 2. The number of ether oxygens (including phenoxy) is 1. The van der Waals surface area contributed by atoms with Crippen LogP contribution in [0.1, 0.15) is 64.3 Å². The van der Waals surface area contributed by atoms with E-state index in [4.69, 9.17) is 37.9 Å². The molecule has 2 unspecified atom stereocenters. The number of carbonyl (C=O) groups excluding carboxylic acids is 1. The van der Waals surface area contributed by atoms with Crippen molar-refractivity contribution < 1.29 is 19.6 Å². The average molecular weight is 860 g/mol. The molecule has 2 N–H and O–H groups in total. The molecular weight excluding hydrogens is 813 g/mol. The van der Waals surface area contributed by atoms with Gasteiger partial charge in [0.25, 0.3) is 0 Å². The first-order valence-electron chi connectivity index (χ1n) is 18.5. The van der Waals surface area contributed by atoms with Gasteiger partial charge < -0.3 is 24.4 Å². The molecule has 2 aliphatic carbocycles. The first-order chi connectivity index (χ1) is 26.5. The van der Waals surface area contributed by atoms with Crippen molar-refractivity contribution in [3.8, 4) is 0 Å². The van der Waals surface area contributed by atoms with Gasteiger partial charge in [0.15, 0.2) is 0 Å². The third-order valence-corrected chi connectivity index (χ3v) is 12.0. The molecule has 10 nitrogen and oxygen atoms in total. The third-order valence-electron chi connectivity index (χ3n) is 10.9. The summed E-state index contributed by atoms with van der Waals surface area (Å²) < 4.78 is 6.07. The minimum absolute atomic E-state index is 0. The monoisotopic (exact) mass is 858 g/mol. The second-order valence-electron chi connectivity index (χ2n) is 14.2. The van der Waals surface area contributed by atoms with Crippen molar-refractivity contribution in [3.63, 3.8) is 0 Å². The Bertz CT molecular complexity index is 2110. The van der Waals surface area contributed by atoms with Gasteiger partial charge in [0.05, 0.1) is 36.2 Å². The van der Waals surface area contributed by atoms with E-state index < -0.39 is 20.1 Å². The quantitative estimate of drug-likeness (QED) is 0.162. The molecule has 0 spiro atoms. The van der Waals surface area contributed by atoms with Gasteiger partial charge in [-0.15, -0.1) is 0 Å². The Balaban J connectivity index is 0.000000188. The summed E-state index contributed by atoms with van der Waals surface area (Å²) in [5.41, 5.74) is 8.52. The molecule has 56 heavy (non-hydrogen) atoms. The predicted molar refractivity (Wildman–Crippen MR) is 232 cm³/mol. The molecule has 0 radical (unpaired) electrons. The number of piperazine rings is 2. The summed E-state index contributed by atoms with van der Waals surface area (Å²) in [6, 6.07) is 19.6. The Labute approximate surface area is 349 Å². The van der Waals surface area contributed by atoms with Crippen LogP contribution in [0.5, 0.6) is 0 Å². The maximum absolute atomic E-state index is 12.6. The number of hydrogen-bond donors (Lipinski definition) is 2. The van der Waals surface area contributed by atoms with Gasteiger partial charge in [-0.1, -0.05) is 70.8 Å². The maximum Gasteiger partial charge on any atom is 0.376 e. The fourth-order valence-corrected chi connectivity index (χ4v) is 8.98. The number of carbonyl (C=O) groups is 1. The Kier molecular flexibility index (Phi) is 13.9. The van der Waals surface area contributed by atoms with Crippen molar-refractivity contribution >= 4 is 81.4 Å². The Hall–Kier alpha value is -3.36. The number of hydrogen-bond acceptors (Lipinski definition) is 10. The van der Waals surface area contributed by atoms with Crippen LogP contribution in [0.4, 0.5) is 0 Å². The van der Waals surface area contributed by atoms with Crippen molar-refractivity contribution in [1.29, 1.82) is 0 Å². The van der Waals surface area contributed by atoms with Crippen LogP contribution in [-0.2, 0) is 9.53 Å². The largest absolute Gasteiger partial charge is 0.465 e.